The van der Waals surface area contributed by atoms with E-state index in [2.05, 4.69) is 29.6 Å². The molecule has 0 saturated heterocycles. The van der Waals surface area contributed by atoms with E-state index in [-0.39, 0.29) is 30.1 Å². The van der Waals surface area contributed by atoms with Crippen molar-refractivity contribution in [3.63, 3.8) is 0 Å². The molecule has 3 rings (SSSR count). The summed E-state index contributed by atoms with van der Waals surface area (Å²) in [6, 6.07) is 26.3. The predicted octanol–water partition coefficient (Wildman–Crippen LogP) is 4.71. The first-order chi connectivity index (χ1) is 12.6. The monoisotopic (exact) mass is 347 g/mol. The van der Waals surface area contributed by atoms with Crippen LogP contribution in [0.2, 0.25) is 0 Å². The lowest BCUT2D eigenvalue weighted by Crippen LogP contribution is -2.38. The van der Waals surface area contributed by atoms with Gasteiger partial charge in [-0.1, -0.05) is 72.8 Å². The topological polar surface area (TPSA) is 29.1 Å². The molecule has 1 atom stereocenters. The smallest absolute Gasteiger partial charge is 0.224 e. The predicted molar refractivity (Wildman–Crippen MR) is 102 cm³/mol. The summed E-state index contributed by atoms with van der Waals surface area (Å²) in [5, 5.41) is 3.11. The highest BCUT2D eigenvalue weighted by molar-refractivity contribution is 5.79. The first-order valence-electron chi connectivity index (χ1n) is 8.77. The minimum Gasteiger partial charge on any atom is -0.352 e. The molecule has 2 nitrogen and oxygen atoms in total. The highest BCUT2D eigenvalue weighted by Gasteiger charge is 2.22. The lowest BCUT2D eigenvalue weighted by molar-refractivity contribution is -0.121. The van der Waals surface area contributed by atoms with Gasteiger partial charge in [-0.25, -0.2) is 4.39 Å². The number of nitrogens with one attached hydrogen (secondary N) is 1. The fourth-order valence-corrected chi connectivity index (χ4v) is 3.27. The van der Waals surface area contributed by atoms with Crippen LogP contribution in [0.5, 0.6) is 0 Å². The van der Waals surface area contributed by atoms with E-state index >= 15 is 0 Å². The molecule has 26 heavy (non-hydrogen) atoms. The molecule has 0 saturated carbocycles. The molecule has 1 amide bonds. The van der Waals surface area contributed by atoms with Gasteiger partial charge in [-0.05, 0) is 35.7 Å². The molecule has 3 aromatic rings. The van der Waals surface area contributed by atoms with Crippen molar-refractivity contribution in [2.75, 3.05) is 0 Å². The summed E-state index contributed by atoms with van der Waals surface area (Å²) in [5.41, 5.74) is 3.12. The zero-order valence-corrected chi connectivity index (χ0v) is 14.7. The molecule has 0 fully saturated rings. The molecule has 1 unspecified atom stereocenters. The summed E-state index contributed by atoms with van der Waals surface area (Å²) in [4.78, 5) is 12.5. The first kappa shape index (κ1) is 17.9. The van der Waals surface area contributed by atoms with Crippen LogP contribution in [0, 0.1) is 5.82 Å². The van der Waals surface area contributed by atoms with Gasteiger partial charge >= 0.3 is 0 Å². The van der Waals surface area contributed by atoms with Crippen LogP contribution in [0.1, 0.15) is 29.5 Å². The van der Waals surface area contributed by atoms with Crippen LogP contribution in [-0.4, -0.2) is 11.9 Å². The number of hydrogen-bond donors (Lipinski definition) is 1. The summed E-state index contributed by atoms with van der Waals surface area (Å²) < 4.78 is 13.0. The summed E-state index contributed by atoms with van der Waals surface area (Å²) in [6.07, 6.45) is 0.237. The molecule has 0 radical (unpaired) electrons. The van der Waals surface area contributed by atoms with Crippen LogP contribution >= 0.6 is 0 Å². The van der Waals surface area contributed by atoms with Gasteiger partial charge in [-0.3, -0.25) is 4.79 Å². The van der Waals surface area contributed by atoms with Crippen molar-refractivity contribution < 1.29 is 9.18 Å². The number of hydrogen-bond acceptors (Lipinski definition) is 1. The van der Waals surface area contributed by atoms with Gasteiger partial charge in [0, 0.05) is 12.0 Å². The van der Waals surface area contributed by atoms with Gasteiger partial charge in [-0.2, -0.15) is 0 Å². The Morgan fingerprint density at radius 1 is 0.846 bits per heavy atom. The maximum Gasteiger partial charge on any atom is 0.224 e. The van der Waals surface area contributed by atoms with E-state index in [0.29, 0.717) is 0 Å². The Morgan fingerprint density at radius 2 is 1.35 bits per heavy atom. The number of benzene rings is 3. The van der Waals surface area contributed by atoms with Crippen molar-refractivity contribution >= 4 is 5.91 Å². The van der Waals surface area contributed by atoms with Crippen molar-refractivity contribution in [2.45, 2.75) is 25.3 Å². The molecule has 132 valence electrons. The van der Waals surface area contributed by atoms with E-state index in [1.54, 1.807) is 12.1 Å². The van der Waals surface area contributed by atoms with Crippen molar-refractivity contribution in [2.24, 2.45) is 0 Å². The Labute approximate surface area is 153 Å². The fourth-order valence-electron chi connectivity index (χ4n) is 3.27. The Bertz CT molecular complexity index is 792. The second-order valence-electron chi connectivity index (χ2n) is 6.46. The highest BCUT2D eigenvalue weighted by atomic mass is 19.1. The maximum absolute atomic E-state index is 13.0. The van der Waals surface area contributed by atoms with Gasteiger partial charge in [0.15, 0.2) is 0 Å². The highest BCUT2D eigenvalue weighted by Crippen LogP contribution is 2.28. The second kappa shape index (κ2) is 8.43. The van der Waals surface area contributed by atoms with Gasteiger partial charge in [0.05, 0.1) is 6.42 Å². The first-order valence-corrected chi connectivity index (χ1v) is 8.77. The van der Waals surface area contributed by atoms with Crippen LogP contribution < -0.4 is 5.32 Å². The number of halogens is 1. The van der Waals surface area contributed by atoms with E-state index in [0.717, 1.165) is 16.7 Å². The van der Waals surface area contributed by atoms with Gasteiger partial charge in [0.2, 0.25) is 5.91 Å². The molecule has 3 heteroatoms. The van der Waals surface area contributed by atoms with Crippen LogP contribution in [0.3, 0.4) is 0 Å². The van der Waals surface area contributed by atoms with Crippen LogP contribution in [-0.2, 0) is 11.2 Å². The van der Waals surface area contributed by atoms with Crippen LogP contribution in [0.15, 0.2) is 84.9 Å². The molecule has 1 N–H and O–H groups in total. The van der Waals surface area contributed by atoms with Gasteiger partial charge in [0.1, 0.15) is 5.82 Å². The quantitative estimate of drug-likeness (QED) is 0.688. The van der Waals surface area contributed by atoms with Crippen molar-refractivity contribution in [1.29, 1.82) is 0 Å². The van der Waals surface area contributed by atoms with Crippen LogP contribution in [0.25, 0.3) is 0 Å². The Hall–Kier alpha value is -2.94. The lowest BCUT2D eigenvalue weighted by atomic mass is 9.85. The van der Waals surface area contributed by atoms with E-state index in [1.807, 2.05) is 43.3 Å². The fraction of sp³-hybridized carbons (Fsp3) is 0.174. The van der Waals surface area contributed by atoms with Gasteiger partial charge in [-0.15, -0.1) is 0 Å². The van der Waals surface area contributed by atoms with E-state index < -0.39 is 0 Å². The Balaban J connectivity index is 1.76. The normalized spacial score (nSPS) is 12.0. The molecule has 0 aliphatic carbocycles. The van der Waals surface area contributed by atoms with E-state index in [1.165, 1.54) is 12.1 Å². The third kappa shape index (κ3) is 4.57. The summed E-state index contributed by atoms with van der Waals surface area (Å²) >= 11 is 0. The van der Waals surface area contributed by atoms with E-state index in [9.17, 15) is 9.18 Å². The van der Waals surface area contributed by atoms with Crippen molar-refractivity contribution in [3.05, 3.63) is 107 Å². The third-order valence-corrected chi connectivity index (χ3v) is 4.48. The number of rotatable bonds is 6. The van der Waals surface area contributed by atoms with E-state index in [4.69, 9.17) is 0 Å². The van der Waals surface area contributed by atoms with Gasteiger partial charge < -0.3 is 5.32 Å². The average molecular weight is 347 g/mol. The van der Waals surface area contributed by atoms with Crippen molar-refractivity contribution in [1.82, 2.24) is 5.32 Å². The molecular formula is C23H22FNO. The zero-order chi connectivity index (χ0) is 18.4. The number of carbonyl (C=O) groups excluding carboxylic acids is 1. The maximum atomic E-state index is 13.0. The summed E-state index contributed by atoms with van der Waals surface area (Å²) in [5.74, 6) is -0.300. The number of carbonyl (C=O) groups is 1. The summed E-state index contributed by atoms with van der Waals surface area (Å²) in [7, 11) is 0. The lowest BCUT2D eigenvalue weighted by Gasteiger charge is -2.26. The molecule has 0 heterocycles. The second-order valence-corrected chi connectivity index (χ2v) is 6.46. The minimum absolute atomic E-state index is 0.0644. The van der Waals surface area contributed by atoms with Crippen molar-refractivity contribution in [3.8, 4) is 0 Å². The molecule has 3 aromatic carbocycles. The molecule has 0 aromatic heterocycles. The molecule has 0 spiro atoms. The minimum atomic E-state index is -0.296. The Morgan fingerprint density at radius 3 is 1.85 bits per heavy atom. The zero-order valence-electron chi connectivity index (χ0n) is 14.7. The van der Waals surface area contributed by atoms with Gasteiger partial charge in [0.25, 0.3) is 0 Å². The summed E-state index contributed by atoms with van der Waals surface area (Å²) in [6.45, 7) is 2.02. The molecule has 0 aliphatic heterocycles. The van der Waals surface area contributed by atoms with Crippen LogP contribution in [0.4, 0.5) is 4.39 Å². The number of amides is 1. The molecule has 0 bridgehead atoms. The third-order valence-electron chi connectivity index (χ3n) is 4.48. The SMILES string of the molecule is CC(NC(=O)Cc1ccc(F)cc1)C(c1ccccc1)c1ccccc1. The Kier molecular flexibility index (Phi) is 5.80. The molecular weight excluding hydrogens is 325 g/mol. The largest absolute Gasteiger partial charge is 0.352 e. The molecule has 0 aliphatic rings. The average Bonchev–Trinajstić information content (AvgIpc) is 2.65. The standard InChI is InChI=1S/C23H22FNO/c1-17(25-22(26)16-18-12-14-21(24)15-13-18)23(19-8-4-2-5-9-19)20-10-6-3-7-11-20/h2-15,17,23H,16H2,1H3,(H,25,26).